The molecule has 1 aromatic heterocycles. The van der Waals surface area contributed by atoms with Gasteiger partial charge >= 0.3 is 5.97 Å². The Morgan fingerprint density at radius 3 is 2.58 bits per heavy atom. The zero-order valence-electron chi connectivity index (χ0n) is 12.1. The van der Waals surface area contributed by atoms with E-state index >= 15 is 0 Å². The largest absolute Gasteiger partial charge is 0.455 e. The molecule has 0 atom stereocenters. The highest BCUT2D eigenvalue weighted by molar-refractivity contribution is 5.88. The second-order valence-corrected chi connectivity index (χ2v) is 5.54. The second-order valence-electron chi connectivity index (χ2n) is 5.54. The van der Waals surface area contributed by atoms with Crippen LogP contribution in [0.3, 0.4) is 0 Å². The lowest BCUT2D eigenvalue weighted by Gasteiger charge is -2.19. The maximum Gasteiger partial charge on any atom is 0.359 e. The fourth-order valence-electron chi connectivity index (χ4n) is 1.73. The highest BCUT2D eigenvalue weighted by atomic mass is 16.6. The molecular formula is C13H23N3O3. The number of carbonyl (C=O) groups is 1. The van der Waals surface area contributed by atoms with Gasteiger partial charge in [0.15, 0.2) is 5.69 Å². The molecule has 108 valence electrons. The topological polar surface area (TPSA) is 77.2 Å². The Morgan fingerprint density at radius 2 is 2.00 bits per heavy atom. The lowest BCUT2D eigenvalue weighted by molar-refractivity contribution is 0.00562. The molecular weight excluding hydrogens is 246 g/mol. The van der Waals surface area contributed by atoms with Crippen molar-refractivity contribution in [1.29, 1.82) is 0 Å². The summed E-state index contributed by atoms with van der Waals surface area (Å²) in [6.45, 7) is 5.68. The molecule has 1 aromatic rings. The highest BCUT2D eigenvalue weighted by Crippen LogP contribution is 2.15. The van der Waals surface area contributed by atoms with Crippen LogP contribution in [0.2, 0.25) is 0 Å². The molecule has 0 aromatic carbocycles. The van der Waals surface area contributed by atoms with E-state index in [9.17, 15) is 4.79 Å². The predicted molar refractivity (Wildman–Crippen MR) is 70.8 cm³/mol. The first-order valence-electron chi connectivity index (χ1n) is 6.58. The van der Waals surface area contributed by atoms with Gasteiger partial charge in [-0.2, -0.15) is 0 Å². The summed E-state index contributed by atoms with van der Waals surface area (Å²) < 4.78 is 6.81. The Kier molecular flexibility index (Phi) is 5.47. The van der Waals surface area contributed by atoms with Gasteiger partial charge in [-0.25, -0.2) is 9.48 Å². The molecule has 0 saturated carbocycles. The molecule has 0 saturated heterocycles. The molecule has 1 rings (SSSR count). The molecule has 6 heteroatoms. The maximum absolute atomic E-state index is 12.1. The summed E-state index contributed by atoms with van der Waals surface area (Å²) in [5, 5.41) is 16.6. The standard InChI is InChI=1S/C13H23N3O3/c1-13(2,3)19-12(18)11-10(14-15-16(11)4)8-6-5-7-9-17/h17H,5-9H2,1-4H3. The van der Waals surface area contributed by atoms with Crippen molar-refractivity contribution in [2.75, 3.05) is 6.61 Å². The average molecular weight is 269 g/mol. The van der Waals surface area contributed by atoms with E-state index in [1.807, 2.05) is 20.8 Å². The molecule has 0 fully saturated rings. The molecule has 0 aliphatic rings. The van der Waals surface area contributed by atoms with E-state index in [4.69, 9.17) is 9.84 Å². The van der Waals surface area contributed by atoms with E-state index in [0.29, 0.717) is 17.8 Å². The minimum atomic E-state index is -0.532. The zero-order chi connectivity index (χ0) is 14.5. The number of nitrogens with zero attached hydrogens (tertiary/aromatic N) is 3. The van der Waals surface area contributed by atoms with Crippen molar-refractivity contribution in [2.45, 2.75) is 52.1 Å². The molecule has 0 bridgehead atoms. The normalized spacial score (nSPS) is 11.6. The Labute approximate surface area is 113 Å². The Hall–Kier alpha value is -1.43. The number of aliphatic hydroxyl groups is 1. The van der Waals surface area contributed by atoms with Crippen LogP contribution >= 0.6 is 0 Å². The molecule has 0 spiro atoms. The van der Waals surface area contributed by atoms with Crippen LogP contribution in [0.5, 0.6) is 0 Å². The maximum atomic E-state index is 12.1. The van der Waals surface area contributed by atoms with Gasteiger partial charge in [0, 0.05) is 13.7 Å². The Balaban J connectivity index is 2.71. The highest BCUT2D eigenvalue weighted by Gasteiger charge is 2.24. The SMILES string of the molecule is Cn1nnc(CCCCCO)c1C(=O)OC(C)(C)C. The van der Waals surface area contributed by atoms with Crippen LogP contribution in [0.15, 0.2) is 0 Å². The molecule has 1 heterocycles. The van der Waals surface area contributed by atoms with E-state index in [2.05, 4.69) is 10.3 Å². The molecule has 0 aliphatic carbocycles. The van der Waals surface area contributed by atoms with Crippen molar-refractivity contribution in [3.63, 3.8) is 0 Å². The number of aliphatic hydroxyl groups excluding tert-OH is 1. The number of aromatic nitrogens is 3. The quantitative estimate of drug-likeness (QED) is 0.625. The monoisotopic (exact) mass is 269 g/mol. The van der Waals surface area contributed by atoms with Crippen molar-refractivity contribution in [1.82, 2.24) is 15.0 Å². The van der Waals surface area contributed by atoms with Crippen LogP contribution in [0.25, 0.3) is 0 Å². The van der Waals surface area contributed by atoms with E-state index in [0.717, 1.165) is 19.3 Å². The van der Waals surface area contributed by atoms with Gasteiger partial charge in [-0.3, -0.25) is 0 Å². The van der Waals surface area contributed by atoms with E-state index < -0.39 is 11.6 Å². The number of ether oxygens (including phenoxy) is 1. The third-order valence-corrected chi connectivity index (χ3v) is 2.56. The van der Waals surface area contributed by atoms with Crippen LogP contribution in [-0.2, 0) is 18.2 Å². The summed E-state index contributed by atoms with van der Waals surface area (Å²) in [6, 6.07) is 0. The minimum Gasteiger partial charge on any atom is -0.455 e. The van der Waals surface area contributed by atoms with Crippen LogP contribution in [0.1, 0.15) is 56.2 Å². The first-order valence-corrected chi connectivity index (χ1v) is 6.58. The summed E-state index contributed by atoms with van der Waals surface area (Å²) >= 11 is 0. The van der Waals surface area contributed by atoms with Gasteiger partial charge in [-0.1, -0.05) is 11.6 Å². The van der Waals surface area contributed by atoms with Gasteiger partial charge in [-0.05, 0) is 40.0 Å². The lowest BCUT2D eigenvalue weighted by Crippen LogP contribution is -2.26. The Bertz CT molecular complexity index is 421. The molecule has 0 amide bonds. The summed E-state index contributed by atoms with van der Waals surface area (Å²) in [7, 11) is 1.68. The zero-order valence-corrected chi connectivity index (χ0v) is 12.1. The van der Waals surface area contributed by atoms with Gasteiger partial charge in [-0.15, -0.1) is 5.10 Å². The van der Waals surface area contributed by atoms with Crippen LogP contribution in [0, 0.1) is 0 Å². The number of esters is 1. The van der Waals surface area contributed by atoms with E-state index in [1.54, 1.807) is 7.05 Å². The number of hydrogen-bond acceptors (Lipinski definition) is 5. The number of rotatable bonds is 6. The number of unbranched alkanes of at least 4 members (excludes halogenated alkanes) is 2. The smallest absolute Gasteiger partial charge is 0.359 e. The first-order chi connectivity index (χ1) is 8.85. The fourth-order valence-corrected chi connectivity index (χ4v) is 1.73. The van der Waals surface area contributed by atoms with Crippen LogP contribution in [0.4, 0.5) is 0 Å². The third kappa shape index (κ3) is 4.98. The second kappa shape index (κ2) is 6.65. The molecule has 1 N–H and O–H groups in total. The van der Waals surface area contributed by atoms with Crippen molar-refractivity contribution < 1.29 is 14.6 Å². The van der Waals surface area contributed by atoms with Crippen molar-refractivity contribution in [3.8, 4) is 0 Å². The molecule has 6 nitrogen and oxygen atoms in total. The van der Waals surface area contributed by atoms with Gasteiger partial charge in [0.2, 0.25) is 0 Å². The number of hydrogen-bond donors (Lipinski definition) is 1. The van der Waals surface area contributed by atoms with Gasteiger partial charge in [0.05, 0.1) is 5.69 Å². The molecule has 0 aliphatic heterocycles. The first kappa shape index (κ1) is 15.6. The van der Waals surface area contributed by atoms with Gasteiger partial charge < -0.3 is 9.84 Å². The summed E-state index contributed by atoms with van der Waals surface area (Å²) in [6.07, 6.45) is 3.21. The van der Waals surface area contributed by atoms with Crippen molar-refractivity contribution in [2.24, 2.45) is 7.05 Å². The molecule has 19 heavy (non-hydrogen) atoms. The average Bonchev–Trinajstić information content (AvgIpc) is 2.64. The minimum absolute atomic E-state index is 0.194. The predicted octanol–water partition coefficient (Wildman–Crippen LogP) is 1.48. The summed E-state index contributed by atoms with van der Waals surface area (Å²) in [5.41, 5.74) is 0.545. The van der Waals surface area contributed by atoms with E-state index in [-0.39, 0.29) is 6.61 Å². The Morgan fingerprint density at radius 1 is 1.32 bits per heavy atom. The van der Waals surface area contributed by atoms with Crippen molar-refractivity contribution in [3.05, 3.63) is 11.4 Å². The summed E-state index contributed by atoms with van der Waals surface area (Å²) in [5.74, 6) is -0.392. The number of aryl methyl sites for hydroxylation is 2. The van der Waals surface area contributed by atoms with Crippen molar-refractivity contribution >= 4 is 5.97 Å². The fraction of sp³-hybridized carbons (Fsp3) is 0.769. The third-order valence-electron chi connectivity index (χ3n) is 2.56. The molecule has 0 radical (unpaired) electrons. The van der Waals surface area contributed by atoms with Gasteiger partial charge in [0.25, 0.3) is 0 Å². The van der Waals surface area contributed by atoms with E-state index in [1.165, 1.54) is 4.68 Å². The van der Waals surface area contributed by atoms with Crippen LogP contribution < -0.4 is 0 Å². The lowest BCUT2D eigenvalue weighted by atomic mass is 10.1. The van der Waals surface area contributed by atoms with Crippen LogP contribution in [-0.4, -0.2) is 38.3 Å². The van der Waals surface area contributed by atoms with Gasteiger partial charge in [0.1, 0.15) is 5.60 Å². The molecule has 0 unspecified atom stereocenters. The number of carbonyl (C=O) groups excluding carboxylic acids is 1. The summed E-state index contributed by atoms with van der Waals surface area (Å²) in [4.78, 5) is 12.1.